The third kappa shape index (κ3) is 5.23. The van der Waals surface area contributed by atoms with Crippen LogP contribution in [0.15, 0.2) is 115 Å². The number of rotatable bonds is 4. The Labute approximate surface area is 307 Å². The molecule has 53 heavy (non-hydrogen) atoms. The highest BCUT2D eigenvalue weighted by molar-refractivity contribution is 5.97. The van der Waals surface area contributed by atoms with E-state index in [1.165, 1.54) is 43.0 Å². The van der Waals surface area contributed by atoms with E-state index in [0.717, 1.165) is 64.9 Å². The van der Waals surface area contributed by atoms with Gasteiger partial charge in [-0.1, -0.05) is 115 Å². The Kier molecular flexibility index (Phi) is 7.31. The number of hydrogen-bond donors (Lipinski definition) is 0. The van der Waals surface area contributed by atoms with Crippen molar-refractivity contribution in [2.75, 3.05) is 0 Å². The number of imidazole rings is 1. The maximum Gasteiger partial charge on any atom is 0.146 e. The molecular formula is C49H34N4. The van der Waals surface area contributed by atoms with Gasteiger partial charge < -0.3 is 0 Å². The molecule has 0 aliphatic heterocycles. The van der Waals surface area contributed by atoms with Crippen LogP contribution in [0.25, 0.3) is 69.4 Å². The Bertz CT molecular complexity index is 3020. The molecule has 250 valence electrons. The van der Waals surface area contributed by atoms with Crippen LogP contribution in [-0.4, -0.2) is 9.38 Å². The average molecular weight is 679 g/mol. The van der Waals surface area contributed by atoms with Crippen LogP contribution in [0, 0.1) is 22.7 Å². The molecule has 2 aromatic heterocycles. The molecule has 0 radical (unpaired) electrons. The molecule has 0 spiro atoms. The summed E-state index contributed by atoms with van der Waals surface area (Å²) >= 11 is 0. The maximum absolute atomic E-state index is 9.53. The minimum Gasteiger partial charge on any atom is -0.291 e. The lowest BCUT2D eigenvalue weighted by Crippen LogP contribution is -2.30. The van der Waals surface area contributed by atoms with Crippen molar-refractivity contribution in [2.45, 2.75) is 37.5 Å². The molecule has 0 fully saturated rings. The van der Waals surface area contributed by atoms with E-state index in [1.807, 2.05) is 48.5 Å². The van der Waals surface area contributed by atoms with Crippen molar-refractivity contribution < 1.29 is 0 Å². The molecule has 0 bridgehead atoms. The SMILES string of the molecule is N#Cc1ccc(-c2nc3c4c(c5ccccc5n3c2-c2ccc(C#N)cc2)CC(c2ccc3c(c2)=CCC(c2ccc5c(c2)=CCCC=5)C=3)C=C4)cc1. The number of pyridine rings is 1. The Balaban J connectivity index is 1.08. The highest BCUT2D eigenvalue weighted by Crippen LogP contribution is 2.41. The molecule has 0 saturated heterocycles. The molecule has 0 amide bonds. The van der Waals surface area contributed by atoms with Gasteiger partial charge in [0.1, 0.15) is 5.65 Å². The van der Waals surface area contributed by atoms with Gasteiger partial charge in [-0.05, 0) is 93.6 Å². The van der Waals surface area contributed by atoms with E-state index in [-0.39, 0.29) is 5.92 Å². The number of hydrogen-bond acceptors (Lipinski definition) is 3. The summed E-state index contributed by atoms with van der Waals surface area (Å²) in [5, 5.41) is 25.6. The molecule has 10 rings (SSSR count). The van der Waals surface area contributed by atoms with Crippen molar-refractivity contribution in [3.05, 3.63) is 170 Å². The van der Waals surface area contributed by atoms with E-state index in [9.17, 15) is 10.5 Å². The van der Waals surface area contributed by atoms with Gasteiger partial charge in [0.15, 0.2) is 0 Å². The number of benzene rings is 5. The predicted molar refractivity (Wildman–Crippen MR) is 214 cm³/mol. The standard InChI is InChI=1S/C49H34N4/c50-29-31-9-13-34(14-10-31)47-48(35-15-11-32(30-51)12-16-35)53-46-8-4-3-7-43(46)45-28-42(23-24-44(45)49(53)52-47)41-22-21-39-26-38(19-20-40(39)27-41)37-18-17-33-5-1-2-6-36(33)25-37/h3-18,20-27,38,42H,1-2,19,28H2. The average Bonchev–Trinajstić information content (AvgIpc) is 3.64. The summed E-state index contributed by atoms with van der Waals surface area (Å²) in [6.45, 7) is 0. The van der Waals surface area contributed by atoms with E-state index in [0.29, 0.717) is 17.0 Å². The lowest BCUT2D eigenvalue weighted by atomic mass is 9.82. The van der Waals surface area contributed by atoms with Crippen LogP contribution in [0.1, 0.15) is 64.5 Å². The van der Waals surface area contributed by atoms with Crippen LogP contribution in [0.4, 0.5) is 0 Å². The minimum absolute atomic E-state index is 0.239. The van der Waals surface area contributed by atoms with E-state index in [2.05, 4.69) is 114 Å². The first-order chi connectivity index (χ1) is 26.1. The molecule has 4 heteroatoms. The van der Waals surface area contributed by atoms with Crippen LogP contribution < -0.4 is 20.9 Å². The summed E-state index contributed by atoms with van der Waals surface area (Å²) < 4.78 is 2.28. The van der Waals surface area contributed by atoms with Gasteiger partial charge >= 0.3 is 0 Å². The van der Waals surface area contributed by atoms with Gasteiger partial charge in [0.25, 0.3) is 0 Å². The Morgan fingerprint density at radius 3 is 2.06 bits per heavy atom. The predicted octanol–water partition coefficient (Wildman–Crippen LogP) is 8.02. The van der Waals surface area contributed by atoms with E-state index >= 15 is 0 Å². The van der Waals surface area contributed by atoms with Crippen molar-refractivity contribution in [1.29, 1.82) is 10.5 Å². The third-order valence-corrected chi connectivity index (χ3v) is 11.4. The summed E-state index contributed by atoms with van der Waals surface area (Å²) in [6, 6.07) is 42.6. The van der Waals surface area contributed by atoms with Crippen molar-refractivity contribution in [3.63, 3.8) is 0 Å². The fourth-order valence-corrected chi connectivity index (χ4v) is 8.62. The lowest BCUT2D eigenvalue weighted by Gasteiger charge is -2.23. The molecule has 2 atom stereocenters. The normalized spacial score (nSPS) is 16.9. The zero-order valence-corrected chi connectivity index (χ0v) is 29.1. The highest BCUT2D eigenvalue weighted by Gasteiger charge is 2.26. The highest BCUT2D eigenvalue weighted by atomic mass is 15.0. The second-order valence-corrected chi connectivity index (χ2v) is 14.4. The first kappa shape index (κ1) is 31.0. The summed E-state index contributed by atoms with van der Waals surface area (Å²) in [6.07, 6.45) is 18.4. The Morgan fingerprint density at radius 2 is 1.30 bits per heavy atom. The van der Waals surface area contributed by atoms with Gasteiger partial charge in [-0.2, -0.15) is 10.5 Å². The van der Waals surface area contributed by atoms with Crippen LogP contribution in [0.2, 0.25) is 0 Å². The topological polar surface area (TPSA) is 64.9 Å². The van der Waals surface area contributed by atoms with Gasteiger partial charge in [-0.3, -0.25) is 4.40 Å². The second-order valence-electron chi connectivity index (χ2n) is 14.4. The zero-order chi connectivity index (χ0) is 35.5. The lowest BCUT2D eigenvalue weighted by molar-refractivity contribution is 0.829. The number of fused-ring (bicyclic) bond motifs is 8. The fourth-order valence-electron chi connectivity index (χ4n) is 8.62. The van der Waals surface area contributed by atoms with Crippen LogP contribution in [0.3, 0.4) is 0 Å². The monoisotopic (exact) mass is 678 g/mol. The van der Waals surface area contributed by atoms with Crippen molar-refractivity contribution in [2.24, 2.45) is 0 Å². The van der Waals surface area contributed by atoms with Gasteiger partial charge in [0.2, 0.25) is 0 Å². The summed E-state index contributed by atoms with van der Waals surface area (Å²) in [5.41, 5.74) is 12.1. The Morgan fingerprint density at radius 1 is 0.642 bits per heavy atom. The first-order valence-corrected chi connectivity index (χ1v) is 18.4. The largest absolute Gasteiger partial charge is 0.291 e. The summed E-state index contributed by atoms with van der Waals surface area (Å²) in [5.74, 6) is 0.630. The smallest absolute Gasteiger partial charge is 0.146 e. The number of para-hydroxylation sites is 1. The van der Waals surface area contributed by atoms with Crippen LogP contribution in [0.5, 0.6) is 0 Å². The third-order valence-electron chi connectivity index (χ3n) is 11.4. The van der Waals surface area contributed by atoms with E-state index in [1.54, 1.807) is 0 Å². The van der Waals surface area contributed by atoms with Crippen LogP contribution >= 0.6 is 0 Å². The molecule has 2 unspecified atom stereocenters. The quantitative estimate of drug-likeness (QED) is 0.190. The summed E-state index contributed by atoms with van der Waals surface area (Å²) in [7, 11) is 0. The molecule has 7 aromatic rings. The molecular weight excluding hydrogens is 645 g/mol. The molecule has 5 aromatic carbocycles. The van der Waals surface area contributed by atoms with Gasteiger partial charge in [-0.25, -0.2) is 4.98 Å². The number of allylic oxidation sites excluding steroid dienone is 1. The zero-order valence-electron chi connectivity index (χ0n) is 29.1. The van der Waals surface area contributed by atoms with Gasteiger partial charge in [-0.15, -0.1) is 0 Å². The molecule has 3 aliphatic rings. The van der Waals surface area contributed by atoms with Crippen molar-refractivity contribution in [3.8, 4) is 34.7 Å². The molecule has 0 saturated carbocycles. The van der Waals surface area contributed by atoms with Crippen LogP contribution in [-0.2, 0) is 6.42 Å². The molecule has 0 N–H and O–H groups in total. The first-order valence-electron chi connectivity index (χ1n) is 18.4. The fraction of sp³-hybridized carbons (Fsp3) is 0.122. The number of nitrogens with zero attached hydrogens (tertiary/aromatic N) is 4. The van der Waals surface area contributed by atoms with Crippen molar-refractivity contribution in [1.82, 2.24) is 9.38 Å². The molecule has 4 nitrogen and oxygen atoms in total. The number of aromatic nitrogens is 2. The molecule has 2 heterocycles. The minimum atomic E-state index is 0.239. The van der Waals surface area contributed by atoms with E-state index < -0.39 is 0 Å². The van der Waals surface area contributed by atoms with Crippen molar-refractivity contribution >= 4 is 46.9 Å². The van der Waals surface area contributed by atoms with Gasteiger partial charge in [0, 0.05) is 33.9 Å². The number of nitriles is 2. The summed E-state index contributed by atoms with van der Waals surface area (Å²) in [4.78, 5) is 5.38. The Hall–Kier alpha value is -6.75. The van der Waals surface area contributed by atoms with Gasteiger partial charge in [0.05, 0.1) is 40.2 Å². The second kappa shape index (κ2) is 12.5. The molecule has 3 aliphatic carbocycles. The maximum atomic E-state index is 9.53. The van der Waals surface area contributed by atoms with E-state index in [4.69, 9.17) is 4.98 Å².